The van der Waals surface area contributed by atoms with E-state index in [0.717, 1.165) is 5.56 Å². The highest BCUT2D eigenvalue weighted by molar-refractivity contribution is 6.00. The van der Waals surface area contributed by atoms with Gasteiger partial charge < -0.3 is 9.80 Å². The maximum atomic E-state index is 13.9. The molecule has 0 aliphatic carbocycles. The van der Waals surface area contributed by atoms with E-state index in [-0.39, 0.29) is 23.9 Å². The summed E-state index contributed by atoms with van der Waals surface area (Å²) in [4.78, 5) is 28.1. The molecule has 1 atom stereocenters. The lowest BCUT2D eigenvalue weighted by Crippen LogP contribution is -2.58. The van der Waals surface area contributed by atoms with Crippen molar-refractivity contribution in [1.29, 1.82) is 0 Å². The number of amides is 2. The largest absolute Gasteiger partial charge is 0.329 e. The molecule has 0 bridgehead atoms. The molecule has 5 heteroatoms. The number of anilines is 1. The van der Waals surface area contributed by atoms with E-state index in [0.29, 0.717) is 13.1 Å². The monoisotopic (exact) mass is 326 g/mol. The fraction of sp³-hybridized carbons (Fsp3) is 0.263. The van der Waals surface area contributed by atoms with Gasteiger partial charge in [0.2, 0.25) is 11.8 Å². The molecule has 0 spiro atoms. The lowest BCUT2D eigenvalue weighted by Gasteiger charge is -2.39. The van der Waals surface area contributed by atoms with E-state index < -0.39 is 11.9 Å². The summed E-state index contributed by atoms with van der Waals surface area (Å²) in [5, 5.41) is 0. The van der Waals surface area contributed by atoms with Crippen molar-refractivity contribution in [3.05, 3.63) is 66.0 Å². The average Bonchev–Trinajstić information content (AvgIpc) is 2.59. The summed E-state index contributed by atoms with van der Waals surface area (Å²) in [6.07, 6.45) is 0.262. The van der Waals surface area contributed by atoms with Crippen LogP contribution in [0.4, 0.5) is 10.1 Å². The highest BCUT2D eigenvalue weighted by atomic mass is 19.1. The Labute approximate surface area is 140 Å². The van der Waals surface area contributed by atoms with Crippen LogP contribution in [-0.2, 0) is 16.0 Å². The van der Waals surface area contributed by atoms with Gasteiger partial charge in [0.05, 0.1) is 12.1 Å². The summed E-state index contributed by atoms with van der Waals surface area (Å²) in [5.41, 5.74) is 1.18. The summed E-state index contributed by atoms with van der Waals surface area (Å²) in [6.45, 7) is 2.38. The smallest absolute Gasteiger partial charge is 0.249 e. The van der Waals surface area contributed by atoms with E-state index in [1.54, 1.807) is 30.0 Å². The summed E-state index contributed by atoms with van der Waals surface area (Å²) in [5.74, 6) is -0.773. The average molecular weight is 326 g/mol. The Hall–Kier alpha value is -2.69. The van der Waals surface area contributed by atoms with Crippen LogP contribution in [0.1, 0.15) is 12.5 Å². The van der Waals surface area contributed by atoms with Crippen LogP contribution in [0.3, 0.4) is 0 Å². The van der Waals surface area contributed by atoms with Crippen LogP contribution in [0.15, 0.2) is 54.6 Å². The normalized spacial score (nSPS) is 17.9. The van der Waals surface area contributed by atoms with Gasteiger partial charge >= 0.3 is 0 Å². The Kier molecular flexibility index (Phi) is 4.60. The maximum absolute atomic E-state index is 13.9. The van der Waals surface area contributed by atoms with Crippen LogP contribution < -0.4 is 4.90 Å². The van der Waals surface area contributed by atoms with Gasteiger partial charge in [-0.05, 0) is 24.6 Å². The molecule has 0 radical (unpaired) electrons. The predicted octanol–water partition coefficient (Wildman–Crippen LogP) is 2.63. The molecule has 0 N–H and O–H groups in total. The zero-order valence-corrected chi connectivity index (χ0v) is 13.5. The maximum Gasteiger partial charge on any atom is 0.249 e. The molecule has 0 saturated carbocycles. The Morgan fingerprint density at radius 1 is 1.08 bits per heavy atom. The van der Waals surface area contributed by atoms with Crippen LogP contribution in [-0.4, -0.2) is 35.8 Å². The Balaban J connectivity index is 1.73. The summed E-state index contributed by atoms with van der Waals surface area (Å²) in [6, 6.07) is 15.0. The molecule has 1 saturated heterocycles. The molecule has 124 valence electrons. The molecule has 2 aromatic rings. The Bertz CT molecular complexity index is 748. The van der Waals surface area contributed by atoms with E-state index in [1.165, 1.54) is 11.0 Å². The minimum atomic E-state index is -0.602. The van der Waals surface area contributed by atoms with E-state index >= 15 is 0 Å². The fourth-order valence-electron chi connectivity index (χ4n) is 2.99. The topological polar surface area (TPSA) is 40.6 Å². The van der Waals surface area contributed by atoms with Crippen molar-refractivity contribution in [3.63, 3.8) is 0 Å². The minimum Gasteiger partial charge on any atom is -0.329 e. The van der Waals surface area contributed by atoms with Crippen LogP contribution >= 0.6 is 0 Å². The van der Waals surface area contributed by atoms with Crippen molar-refractivity contribution in [1.82, 2.24) is 4.90 Å². The number of halogens is 1. The highest BCUT2D eigenvalue weighted by Gasteiger charge is 2.35. The van der Waals surface area contributed by atoms with Gasteiger partial charge in [-0.3, -0.25) is 9.59 Å². The Morgan fingerprint density at radius 2 is 1.75 bits per heavy atom. The number of benzene rings is 2. The molecular weight excluding hydrogens is 307 g/mol. The highest BCUT2D eigenvalue weighted by Crippen LogP contribution is 2.23. The third-order valence-corrected chi connectivity index (χ3v) is 4.32. The van der Waals surface area contributed by atoms with Crippen molar-refractivity contribution < 1.29 is 14.0 Å². The van der Waals surface area contributed by atoms with E-state index in [9.17, 15) is 14.0 Å². The molecule has 1 aliphatic rings. The second-order valence-electron chi connectivity index (χ2n) is 5.87. The summed E-state index contributed by atoms with van der Waals surface area (Å²) in [7, 11) is 0. The second-order valence-corrected chi connectivity index (χ2v) is 5.87. The van der Waals surface area contributed by atoms with Gasteiger partial charge in [-0.1, -0.05) is 42.5 Å². The van der Waals surface area contributed by atoms with Gasteiger partial charge in [-0.2, -0.15) is 0 Å². The van der Waals surface area contributed by atoms with Crippen molar-refractivity contribution in [2.24, 2.45) is 0 Å². The zero-order valence-electron chi connectivity index (χ0n) is 13.5. The number of para-hydroxylation sites is 1. The molecule has 4 nitrogen and oxygen atoms in total. The molecule has 1 unspecified atom stereocenters. The van der Waals surface area contributed by atoms with Gasteiger partial charge in [0, 0.05) is 13.1 Å². The fourth-order valence-corrected chi connectivity index (χ4v) is 2.99. The molecule has 2 amide bonds. The first-order valence-corrected chi connectivity index (χ1v) is 7.97. The van der Waals surface area contributed by atoms with Crippen molar-refractivity contribution in [3.8, 4) is 0 Å². The lowest BCUT2D eigenvalue weighted by molar-refractivity contribution is -0.140. The molecule has 1 heterocycles. The third-order valence-electron chi connectivity index (χ3n) is 4.32. The zero-order chi connectivity index (χ0) is 17.1. The van der Waals surface area contributed by atoms with E-state index in [1.807, 2.05) is 30.3 Å². The molecule has 1 fully saturated rings. The van der Waals surface area contributed by atoms with Crippen molar-refractivity contribution in [2.75, 3.05) is 18.0 Å². The SMILES string of the molecule is CC1C(=O)N(c2ccccc2F)CCN1C(=O)Cc1ccccc1. The van der Waals surface area contributed by atoms with Gasteiger partial charge in [0.1, 0.15) is 11.9 Å². The van der Waals surface area contributed by atoms with Crippen molar-refractivity contribution >= 4 is 17.5 Å². The van der Waals surface area contributed by atoms with Crippen molar-refractivity contribution in [2.45, 2.75) is 19.4 Å². The minimum absolute atomic E-state index is 0.0877. The first-order chi connectivity index (χ1) is 11.6. The van der Waals surface area contributed by atoms with Crippen LogP contribution in [0.5, 0.6) is 0 Å². The van der Waals surface area contributed by atoms with E-state index in [2.05, 4.69) is 0 Å². The van der Waals surface area contributed by atoms with Gasteiger partial charge in [-0.25, -0.2) is 4.39 Å². The van der Waals surface area contributed by atoms with E-state index in [4.69, 9.17) is 0 Å². The lowest BCUT2D eigenvalue weighted by atomic mass is 10.1. The standard InChI is InChI=1S/C19H19FN2O2/c1-14-19(24)22(17-10-6-5-9-16(17)20)12-11-21(14)18(23)13-15-7-3-2-4-8-15/h2-10,14H,11-13H2,1H3. The second kappa shape index (κ2) is 6.83. The summed E-state index contributed by atoms with van der Waals surface area (Å²) < 4.78 is 13.9. The predicted molar refractivity (Wildman–Crippen MR) is 90.1 cm³/mol. The van der Waals surface area contributed by atoms with Crippen LogP contribution in [0, 0.1) is 5.82 Å². The number of piperazine rings is 1. The summed E-state index contributed by atoms with van der Waals surface area (Å²) >= 11 is 0. The first kappa shape index (κ1) is 16.2. The molecule has 2 aromatic carbocycles. The molecule has 24 heavy (non-hydrogen) atoms. The van der Waals surface area contributed by atoms with Crippen LogP contribution in [0.2, 0.25) is 0 Å². The van der Waals surface area contributed by atoms with Crippen LogP contribution in [0.25, 0.3) is 0 Å². The number of carbonyl (C=O) groups excluding carboxylic acids is 2. The molecule has 1 aliphatic heterocycles. The number of rotatable bonds is 3. The van der Waals surface area contributed by atoms with Gasteiger partial charge in [0.15, 0.2) is 0 Å². The molecule has 0 aromatic heterocycles. The quantitative estimate of drug-likeness (QED) is 0.870. The molecular formula is C19H19FN2O2. The van der Waals surface area contributed by atoms with Gasteiger partial charge in [0.25, 0.3) is 0 Å². The molecule has 3 rings (SSSR count). The number of hydrogen-bond donors (Lipinski definition) is 0. The number of nitrogens with zero attached hydrogens (tertiary/aromatic N) is 2. The number of hydrogen-bond acceptors (Lipinski definition) is 2. The van der Waals surface area contributed by atoms with Gasteiger partial charge in [-0.15, -0.1) is 0 Å². The first-order valence-electron chi connectivity index (χ1n) is 7.97. The third kappa shape index (κ3) is 3.15. The Morgan fingerprint density at radius 3 is 2.46 bits per heavy atom. The number of carbonyl (C=O) groups is 2.